The number of unbranched alkanes of at least 4 members (excludes halogenated alkanes) is 2. The standard InChI is InChI=1S/C37H45N5O4S.H2O/c1-4-6-19-40(20-7-5-2)37(45)34-21-27(3)42(38-34)35-18-17-31(39-47(46)26-28-13-9-8-10-14-28)23-33(35)36(44)41-24-30-16-12-11-15-29(30)22-32(41)25-43;/h8-18,21,23,32,39,43H,4-7,19-20,22,24-26H2,1-3H3;1H2/t32-,47?;/m0./s1. The number of aliphatic hydroxyl groups excluding tert-OH is 1. The van der Waals surface area contributed by atoms with E-state index in [0.717, 1.165) is 42.4 Å². The number of amides is 2. The minimum absolute atomic E-state index is 0. The van der Waals surface area contributed by atoms with Gasteiger partial charge in [0.2, 0.25) is 0 Å². The second kappa shape index (κ2) is 17.2. The van der Waals surface area contributed by atoms with Crippen LogP contribution in [-0.4, -0.2) is 71.9 Å². The number of carbonyl (C=O) groups excluding carboxylic acids is 2. The van der Waals surface area contributed by atoms with Crippen LogP contribution in [0.5, 0.6) is 0 Å². The molecule has 0 spiro atoms. The maximum Gasteiger partial charge on any atom is 0.274 e. The lowest BCUT2D eigenvalue weighted by molar-refractivity contribution is 0.0544. The first kappa shape index (κ1) is 36.5. The van der Waals surface area contributed by atoms with E-state index in [0.29, 0.717) is 60.1 Å². The van der Waals surface area contributed by atoms with Crippen molar-refractivity contribution in [3.05, 3.63) is 113 Å². The van der Waals surface area contributed by atoms with Crippen molar-refractivity contribution in [2.24, 2.45) is 0 Å². The van der Waals surface area contributed by atoms with Gasteiger partial charge in [0.05, 0.1) is 29.7 Å². The maximum atomic E-state index is 14.5. The average Bonchev–Trinajstić information content (AvgIpc) is 3.48. The molecule has 1 aromatic heterocycles. The van der Waals surface area contributed by atoms with Gasteiger partial charge in [-0.25, -0.2) is 8.89 Å². The lowest BCUT2D eigenvalue weighted by Crippen LogP contribution is -2.46. The van der Waals surface area contributed by atoms with Crippen LogP contribution in [0.3, 0.4) is 0 Å². The predicted molar refractivity (Wildman–Crippen MR) is 190 cm³/mol. The SMILES string of the molecule is CCCCN(CCCC)C(=O)c1cc(C)n(-c2ccc(NS(=O)Cc3ccccc3)cc2C(=O)N2Cc3ccccc3C[C@H]2CO)n1.O. The van der Waals surface area contributed by atoms with E-state index in [2.05, 4.69) is 18.6 Å². The van der Waals surface area contributed by atoms with Gasteiger partial charge < -0.3 is 25.1 Å². The molecule has 4 aromatic rings. The number of nitrogens with one attached hydrogen (secondary N) is 1. The Morgan fingerprint density at radius 1 is 0.958 bits per heavy atom. The summed E-state index contributed by atoms with van der Waals surface area (Å²) in [5, 5.41) is 15.1. The van der Waals surface area contributed by atoms with E-state index in [1.54, 1.807) is 33.8 Å². The number of hydrogen-bond acceptors (Lipinski definition) is 5. The fourth-order valence-corrected chi connectivity index (χ4v) is 6.95. The van der Waals surface area contributed by atoms with E-state index in [1.165, 1.54) is 0 Å². The fourth-order valence-electron chi connectivity index (χ4n) is 5.99. The Hall–Kier alpha value is -4.32. The number of aliphatic hydroxyl groups is 1. The molecule has 0 saturated heterocycles. The first-order chi connectivity index (χ1) is 22.8. The Balaban J connectivity index is 0.00000520. The maximum absolute atomic E-state index is 14.5. The molecule has 2 amide bonds. The number of carbonyl (C=O) groups is 2. The van der Waals surface area contributed by atoms with Crippen LogP contribution in [0.25, 0.3) is 5.69 Å². The van der Waals surface area contributed by atoms with Gasteiger partial charge in [0, 0.05) is 31.0 Å². The van der Waals surface area contributed by atoms with Gasteiger partial charge in [0.25, 0.3) is 11.8 Å². The summed E-state index contributed by atoms with van der Waals surface area (Å²) in [6, 6.07) is 24.2. The lowest BCUT2D eigenvalue weighted by atomic mass is 9.93. The van der Waals surface area contributed by atoms with Gasteiger partial charge in [0.1, 0.15) is 11.0 Å². The molecule has 5 rings (SSSR count). The molecule has 10 nitrogen and oxygen atoms in total. The van der Waals surface area contributed by atoms with Crippen LogP contribution in [-0.2, 0) is 29.7 Å². The topological polar surface area (TPSA) is 139 Å². The van der Waals surface area contributed by atoms with Crippen LogP contribution in [0.1, 0.15) is 82.8 Å². The summed E-state index contributed by atoms with van der Waals surface area (Å²) in [6.45, 7) is 7.60. The first-order valence-electron chi connectivity index (χ1n) is 16.5. The normalized spacial score (nSPS) is 14.5. The number of benzene rings is 3. The molecule has 256 valence electrons. The third-order valence-electron chi connectivity index (χ3n) is 8.61. The number of aromatic nitrogens is 2. The van der Waals surface area contributed by atoms with Crippen molar-refractivity contribution >= 4 is 28.5 Å². The highest BCUT2D eigenvalue weighted by Crippen LogP contribution is 2.29. The zero-order valence-corrected chi connectivity index (χ0v) is 28.8. The van der Waals surface area contributed by atoms with Gasteiger partial charge in [-0.1, -0.05) is 81.3 Å². The van der Waals surface area contributed by atoms with E-state index >= 15 is 0 Å². The molecule has 2 heterocycles. The third-order valence-corrected chi connectivity index (χ3v) is 9.67. The van der Waals surface area contributed by atoms with Crippen LogP contribution in [0.2, 0.25) is 0 Å². The van der Waals surface area contributed by atoms with Crippen molar-refractivity contribution in [2.75, 3.05) is 24.4 Å². The summed E-state index contributed by atoms with van der Waals surface area (Å²) in [4.78, 5) is 31.7. The largest absolute Gasteiger partial charge is 0.412 e. The van der Waals surface area contributed by atoms with Crippen molar-refractivity contribution in [3.63, 3.8) is 0 Å². The molecule has 3 aromatic carbocycles. The molecule has 0 radical (unpaired) electrons. The zero-order chi connectivity index (χ0) is 33.3. The van der Waals surface area contributed by atoms with Crippen LogP contribution in [0.15, 0.2) is 78.9 Å². The van der Waals surface area contributed by atoms with E-state index in [4.69, 9.17) is 5.10 Å². The molecule has 2 atom stereocenters. The third kappa shape index (κ3) is 8.58. The lowest BCUT2D eigenvalue weighted by Gasteiger charge is -2.36. The number of hydrogen-bond donors (Lipinski definition) is 2. The van der Waals surface area contributed by atoms with E-state index in [-0.39, 0.29) is 23.9 Å². The van der Waals surface area contributed by atoms with E-state index in [1.807, 2.05) is 66.4 Å². The zero-order valence-electron chi connectivity index (χ0n) is 28.0. The predicted octanol–water partition coefficient (Wildman–Crippen LogP) is 5.23. The fraction of sp³-hybridized carbons (Fsp3) is 0.378. The number of aryl methyl sites for hydroxylation is 1. The van der Waals surface area contributed by atoms with Crippen LogP contribution in [0, 0.1) is 6.92 Å². The average molecular weight is 674 g/mol. The molecule has 1 unspecified atom stereocenters. The van der Waals surface area contributed by atoms with Gasteiger partial charge in [-0.15, -0.1) is 0 Å². The second-order valence-corrected chi connectivity index (χ2v) is 13.3. The molecule has 1 aliphatic heterocycles. The molecule has 11 heteroatoms. The molecule has 1 aliphatic rings. The molecule has 48 heavy (non-hydrogen) atoms. The number of anilines is 1. The molecule has 0 fully saturated rings. The highest BCUT2D eigenvalue weighted by Gasteiger charge is 2.32. The molecule has 0 saturated carbocycles. The number of fused-ring (bicyclic) bond motifs is 1. The van der Waals surface area contributed by atoms with Crippen LogP contribution < -0.4 is 4.72 Å². The monoisotopic (exact) mass is 673 g/mol. The summed E-state index contributed by atoms with van der Waals surface area (Å²) in [6.07, 6.45) is 4.34. The Morgan fingerprint density at radius 3 is 2.29 bits per heavy atom. The van der Waals surface area contributed by atoms with Gasteiger partial charge in [0.15, 0.2) is 5.69 Å². The van der Waals surface area contributed by atoms with Gasteiger partial charge in [-0.3, -0.25) is 9.59 Å². The number of nitrogens with zero attached hydrogens (tertiary/aromatic N) is 4. The number of rotatable bonds is 14. The van der Waals surface area contributed by atoms with Crippen LogP contribution >= 0.6 is 0 Å². The molecule has 0 aliphatic carbocycles. The summed E-state index contributed by atoms with van der Waals surface area (Å²) in [5.74, 6) is -0.0944. The van der Waals surface area contributed by atoms with Gasteiger partial charge >= 0.3 is 0 Å². The molecule has 4 N–H and O–H groups in total. The molecular weight excluding hydrogens is 627 g/mol. The van der Waals surface area contributed by atoms with Crippen LogP contribution in [0.4, 0.5) is 5.69 Å². The van der Waals surface area contributed by atoms with Crippen molar-refractivity contribution in [1.29, 1.82) is 0 Å². The Labute approximate surface area is 285 Å². The molecule has 0 bridgehead atoms. The van der Waals surface area contributed by atoms with E-state index < -0.39 is 17.0 Å². The Bertz CT molecular complexity index is 1700. The Kier molecular flexibility index (Phi) is 13.1. The van der Waals surface area contributed by atoms with Gasteiger partial charge in [-0.05, 0) is 67.1 Å². The summed E-state index contributed by atoms with van der Waals surface area (Å²) in [7, 11) is -1.44. The minimum Gasteiger partial charge on any atom is -0.412 e. The summed E-state index contributed by atoms with van der Waals surface area (Å²) in [5.41, 5.74) is 5.50. The van der Waals surface area contributed by atoms with Crippen molar-refractivity contribution in [1.82, 2.24) is 19.6 Å². The summed E-state index contributed by atoms with van der Waals surface area (Å²) >= 11 is 0. The molecular formula is C37H47N5O5S. The summed E-state index contributed by atoms with van der Waals surface area (Å²) < 4.78 is 17.8. The highest BCUT2D eigenvalue weighted by molar-refractivity contribution is 7.85. The van der Waals surface area contributed by atoms with Gasteiger partial charge in [-0.2, -0.15) is 5.10 Å². The van der Waals surface area contributed by atoms with Crippen molar-refractivity contribution < 1.29 is 24.4 Å². The van der Waals surface area contributed by atoms with Crippen molar-refractivity contribution in [3.8, 4) is 5.69 Å². The van der Waals surface area contributed by atoms with E-state index in [9.17, 15) is 18.9 Å². The highest BCUT2D eigenvalue weighted by atomic mass is 32.2. The second-order valence-electron chi connectivity index (χ2n) is 12.1. The smallest absolute Gasteiger partial charge is 0.274 e. The minimum atomic E-state index is -1.44. The first-order valence-corrected chi connectivity index (χ1v) is 17.8. The quantitative estimate of drug-likeness (QED) is 0.189. The Morgan fingerprint density at radius 2 is 1.62 bits per heavy atom. The van der Waals surface area contributed by atoms with Crippen molar-refractivity contribution in [2.45, 2.75) is 71.2 Å².